The summed E-state index contributed by atoms with van der Waals surface area (Å²) in [4.78, 5) is 4.15. The lowest BCUT2D eigenvalue weighted by Gasteiger charge is -2.09. The molecule has 2 rings (SSSR count). The minimum absolute atomic E-state index is 0.0883. The first-order chi connectivity index (χ1) is 9.79. The van der Waals surface area contributed by atoms with E-state index in [9.17, 15) is 8.42 Å². The largest absolute Gasteiger partial charge is 0.338 e. The Balaban J connectivity index is 2.21. The maximum absolute atomic E-state index is 12.4. The average molecular weight is 329 g/mol. The van der Waals surface area contributed by atoms with Crippen molar-refractivity contribution in [3.8, 4) is 0 Å². The third-order valence-electron chi connectivity index (χ3n) is 3.12. The van der Waals surface area contributed by atoms with Crippen LogP contribution in [0.3, 0.4) is 0 Å². The molecule has 7 heteroatoms. The van der Waals surface area contributed by atoms with Gasteiger partial charge < -0.3 is 4.52 Å². The zero-order valence-electron chi connectivity index (χ0n) is 12.1. The maximum atomic E-state index is 12.4. The number of hydrogen-bond donors (Lipinski definition) is 0. The summed E-state index contributed by atoms with van der Waals surface area (Å²) in [5.74, 6) is 0.606. The van der Waals surface area contributed by atoms with Crippen molar-refractivity contribution in [1.29, 1.82) is 0 Å². The SMILES string of the molecule is CC(C)c1noc(C(C)S(=O)(=O)Cc2cccc(Cl)c2)n1. The van der Waals surface area contributed by atoms with Crippen molar-refractivity contribution < 1.29 is 12.9 Å². The van der Waals surface area contributed by atoms with E-state index in [4.69, 9.17) is 16.1 Å². The molecule has 114 valence electrons. The monoisotopic (exact) mass is 328 g/mol. The third-order valence-corrected chi connectivity index (χ3v) is 5.37. The third kappa shape index (κ3) is 3.83. The Bertz CT molecular complexity index is 725. The molecule has 1 unspecified atom stereocenters. The van der Waals surface area contributed by atoms with Gasteiger partial charge in [-0.05, 0) is 24.6 Å². The van der Waals surface area contributed by atoms with Gasteiger partial charge in [0.1, 0.15) is 5.25 Å². The Kier molecular flexibility index (Phi) is 4.68. The Labute approximate surface area is 129 Å². The van der Waals surface area contributed by atoms with Crippen LogP contribution < -0.4 is 0 Å². The summed E-state index contributed by atoms with van der Waals surface area (Å²) in [6.45, 7) is 5.39. The molecule has 0 aliphatic carbocycles. The number of benzene rings is 1. The van der Waals surface area contributed by atoms with E-state index in [1.54, 1.807) is 31.2 Å². The van der Waals surface area contributed by atoms with Gasteiger partial charge in [-0.25, -0.2) is 8.42 Å². The molecule has 1 heterocycles. The van der Waals surface area contributed by atoms with Gasteiger partial charge in [-0.3, -0.25) is 0 Å². The van der Waals surface area contributed by atoms with Gasteiger partial charge in [-0.1, -0.05) is 42.7 Å². The molecule has 5 nitrogen and oxygen atoms in total. The molecule has 0 bridgehead atoms. The van der Waals surface area contributed by atoms with Crippen LogP contribution in [0.2, 0.25) is 5.02 Å². The second kappa shape index (κ2) is 6.15. The van der Waals surface area contributed by atoms with Crippen LogP contribution in [0.15, 0.2) is 28.8 Å². The lowest BCUT2D eigenvalue weighted by Crippen LogP contribution is -2.13. The molecule has 0 amide bonds. The Morgan fingerprint density at radius 3 is 2.57 bits per heavy atom. The van der Waals surface area contributed by atoms with Crippen molar-refractivity contribution in [3.05, 3.63) is 46.6 Å². The molecule has 1 atom stereocenters. The highest BCUT2D eigenvalue weighted by Crippen LogP contribution is 2.25. The number of hydrogen-bond acceptors (Lipinski definition) is 5. The summed E-state index contributed by atoms with van der Waals surface area (Å²) in [6, 6.07) is 6.79. The molecule has 0 fully saturated rings. The van der Waals surface area contributed by atoms with E-state index in [0.29, 0.717) is 16.4 Å². The summed E-state index contributed by atoms with van der Waals surface area (Å²) in [6.07, 6.45) is 0. The highest BCUT2D eigenvalue weighted by Gasteiger charge is 2.28. The fourth-order valence-corrected chi connectivity index (χ4v) is 3.29. The number of aromatic nitrogens is 2. The van der Waals surface area contributed by atoms with Crippen molar-refractivity contribution in [3.63, 3.8) is 0 Å². The van der Waals surface area contributed by atoms with E-state index in [0.717, 1.165) is 0 Å². The summed E-state index contributed by atoms with van der Waals surface area (Å²) < 4.78 is 29.9. The molecule has 0 saturated heterocycles. The number of sulfone groups is 1. The van der Waals surface area contributed by atoms with E-state index >= 15 is 0 Å². The van der Waals surface area contributed by atoms with Crippen LogP contribution in [0.25, 0.3) is 0 Å². The molecule has 0 radical (unpaired) electrons. The standard InChI is InChI=1S/C14H17ClN2O3S/c1-9(2)13-16-14(20-17-13)10(3)21(18,19)8-11-5-4-6-12(15)7-11/h4-7,9-10H,8H2,1-3H3. The smallest absolute Gasteiger partial charge is 0.244 e. The van der Waals surface area contributed by atoms with Crippen molar-refractivity contribution in [2.24, 2.45) is 0 Å². The molecule has 2 aromatic rings. The summed E-state index contributed by atoms with van der Waals surface area (Å²) >= 11 is 5.87. The van der Waals surface area contributed by atoms with Crippen LogP contribution in [0.4, 0.5) is 0 Å². The fraction of sp³-hybridized carbons (Fsp3) is 0.429. The molecule has 0 aliphatic heterocycles. The van der Waals surface area contributed by atoms with Crippen LogP contribution in [0, 0.1) is 0 Å². The first kappa shape index (κ1) is 16.0. The predicted molar refractivity (Wildman–Crippen MR) is 80.9 cm³/mol. The molecule has 0 spiro atoms. The zero-order valence-corrected chi connectivity index (χ0v) is 13.6. The Morgan fingerprint density at radius 2 is 2.00 bits per heavy atom. The fourth-order valence-electron chi connectivity index (χ4n) is 1.78. The Morgan fingerprint density at radius 1 is 1.29 bits per heavy atom. The van der Waals surface area contributed by atoms with Gasteiger partial charge in [0, 0.05) is 10.9 Å². The summed E-state index contributed by atoms with van der Waals surface area (Å²) in [5, 5.41) is 3.46. The van der Waals surface area contributed by atoms with E-state index in [-0.39, 0.29) is 17.6 Å². The van der Waals surface area contributed by atoms with Gasteiger partial charge in [0.2, 0.25) is 5.89 Å². The molecule has 1 aromatic heterocycles. The van der Waals surface area contributed by atoms with Gasteiger partial charge in [0.05, 0.1) is 5.75 Å². The minimum atomic E-state index is -3.45. The highest BCUT2D eigenvalue weighted by molar-refractivity contribution is 7.90. The Hall–Kier alpha value is -1.40. The molecule has 0 aliphatic rings. The van der Waals surface area contributed by atoms with Gasteiger partial charge in [-0.15, -0.1) is 0 Å². The molecule has 0 saturated carbocycles. The average Bonchev–Trinajstić information content (AvgIpc) is 2.86. The van der Waals surface area contributed by atoms with Crippen molar-refractivity contribution in [2.45, 2.75) is 37.7 Å². The van der Waals surface area contributed by atoms with E-state index in [1.165, 1.54) is 0 Å². The van der Waals surface area contributed by atoms with Crippen molar-refractivity contribution in [1.82, 2.24) is 10.1 Å². The maximum Gasteiger partial charge on any atom is 0.244 e. The van der Waals surface area contributed by atoms with Crippen LogP contribution >= 0.6 is 11.6 Å². The number of nitrogens with zero attached hydrogens (tertiary/aromatic N) is 2. The number of halogens is 1. The first-order valence-electron chi connectivity index (χ1n) is 6.59. The molecule has 21 heavy (non-hydrogen) atoms. The van der Waals surface area contributed by atoms with Crippen LogP contribution in [0.1, 0.15) is 49.2 Å². The minimum Gasteiger partial charge on any atom is -0.338 e. The second-order valence-electron chi connectivity index (χ2n) is 5.22. The number of rotatable bonds is 5. The molecular formula is C14H17ClN2O3S. The second-order valence-corrected chi connectivity index (χ2v) is 7.98. The van der Waals surface area contributed by atoms with E-state index in [2.05, 4.69) is 10.1 Å². The first-order valence-corrected chi connectivity index (χ1v) is 8.68. The van der Waals surface area contributed by atoms with Crippen LogP contribution in [0.5, 0.6) is 0 Å². The van der Waals surface area contributed by atoms with Crippen molar-refractivity contribution in [2.75, 3.05) is 0 Å². The lowest BCUT2D eigenvalue weighted by atomic mass is 10.2. The summed E-state index contributed by atoms with van der Waals surface area (Å²) in [7, 11) is -3.45. The summed E-state index contributed by atoms with van der Waals surface area (Å²) in [5.41, 5.74) is 0.637. The van der Waals surface area contributed by atoms with E-state index in [1.807, 2.05) is 13.8 Å². The topological polar surface area (TPSA) is 73.1 Å². The van der Waals surface area contributed by atoms with Crippen molar-refractivity contribution >= 4 is 21.4 Å². The molecule has 0 N–H and O–H groups in total. The predicted octanol–water partition coefficient (Wildman–Crippen LogP) is 3.52. The van der Waals surface area contributed by atoms with Gasteiger partial charge in [0.15, 0.2) is 15.7 Å². The van der Waals surface area contributed by atoms with Gasteiger partial charge in [-0.2, -0.15) is 4.98 Å². The molecular weight excluding hydrogens is 312 g/mol. The normalized spacial score (nSPS) is 13.6. The van der Waals surface area contributed by atoms with Crippen LogP contribution in [-0.4, -0.2) is 18.6 Å². The van der Waals surface area contributed by atoms with E-state index < -0.39 is 15.1 Å². The molecule has 1 aromatic carbocycles. The van der Waals surface area contributed by atoms with Crippen LogP contribution in [-0.2, 0) is 15.6 Å². The highest BCUT2D eigenvalue weighted by atomic mass is 35.5. The van der Waals surface area contributed by atoms with Gasteiger partial charge in [0.25, 0.3) is 0 Å². The quantitative estimate of drug-likeness (QED) is 0.839. The van der Waals surface area contributed by atoms with Gasteiger partial charge >= 0.3 is 0 Å². The lowest BCUT2D eigenvalue weighted by molar-refractivity contribution is 0.369. The zero-order chi connectivity index (χ0) is 15.6.